The fourth-order valence-corrected chi connectivity index (χ4v) is 2.41. The van der Waals surface area contributed by atoms with Gasteiger partial charge in [0, 0.05) is 19.0 Å². The minimum Gasteiger partial charge on any atom is -0.480 e. The topological polar surface area (TPSA) is 75.4 Å². The van der Waals surface area contributed by atoms with Crippen LogP contribution in [0.15, 0.2) is 24.3 Å². The monoisotopic (exact) mass is 289 g/mol. The zero-order chi connectivity index (χ0) is 15.8. The predicted octanol–water partition coefficient (Wildman–Crippen LogP) is 1.90. The highest BCUT2D eigenvalue weighted by Crippen LogP contribution is 2.23. The molecule has 0 atom stereocenters. The van der Waals surface area contributed by atoms with Crippen molar-refractivity contribution in [2.45, 2.75) is 26.3 Å². The third-order valence-electron chi connectivity index (χ3n) is 3.72. The summed E-state index contributed by atoms with van der Waals surface area (Å²) in [5.41, 5.74) is -0.168. The van der Waals surface area contributed by atoms with Gasteiger partial charge in [0.25, 0.3) is 5.91 Å². The van der Waals surface area contributed by atoms with Gasteiger partial charge in [-0.1, -0.05) is 18.2 Å². The molecule has 1 heterocycles. The summed E-state index contributed by atoms with van der Waals surface area (Å²) in [4.78, 5) is 25.5. The van der Waals surface area contributed by atoms with Crippen molar-refractivity contribution >= 4 is 22.8 Å². The third kappa shape index (κ3) is 2.37. The van der Waals surface area contributed by atoms with E-state index in [9.17, 15) is 14.7 Å². The third-order valence-corrected chi connectivity index (χ3v) is 3.72. The summed E-state index contributed by atoms with van der Waals surface area (Å²) >= 11 is 0. The smallest absolute Gasteiger partial charge is 0.329 e. The minimum absolute atomic E-state index is 0.282. The minimum atomic E-state index is -1.29. The number of carbonyl (C=O) groups is 2. The lowest BCUT2D eigenvalue weighted by atomic mass is 10.0. The van der Waals surface area contributed by atoms with Gasteiger partial charge in [0.05, 0.1) is 5.52 Å². The molecule has 1 N–H and O–H groups in total. The van der Waals surface area contributed by atoms with Crippen LogP contribution in [0.3, 0.4) is 0 Å². The van der Waals surface area contributed by atoms with Gasteiger partial charge >= 0.3 is 5.97 Å². The molecule has 0 aliphatic carbocycles. The lowest BCUT2D eigenvalue weighted by Crippen LogP contribution is -2.53. The van der Waals surface area contributed by atoms with Crippen LogP contribution in [0.1, 0.15) is 31.3 Å². The summed E-state index contributed by atoms with van der Waals surface area (Å²) in [7, 11) is 1.76. The zero-order valence-corrected chi connectivity index (χ0v) is 12.6. The Morgan fingerprint density at radius 3 is 2.52 bits per heavy atom. The summed E-state index contributed by atoms with van der Waals surface area (Å²) < 4.78 is 1.63. The average Bonchev–Trinajstić information content (AvgIpc) is 2.77. The molecule has 112 valence electrons. The molecule has 0 bridgehead atoms. The fraction of sp³-hybridized carbons (Fsp3) is 0.400. The summed E-state index contributed by atoms with van der Waals surface area (Å²) in [6, 6.07) is 7.39. The second kappa shape index (κ2) is 5.20. The first-order valence-electron chi connectivity index (χ1n) is 6.77. The molecule has 0 saturated carbocycles. The number of carboxylic acids is 1. The summed E-state index contributed by atoms with van der Waals surface area (Å²) in [5, 5.41) is 14.3. The Morgan fingerprint density at radius 2 is 1.95 bits per heavy atom. The molecule has 1 aromatic carbocycles. The van der Waals surface area contributed by atoms with Crippen molar-refractivity contribution in [3.8, 4) is 0 Å². The van der Waals surface area contributed by atoms with Crippen molar-refractivity contribution in [2.24, 2.45) is 7.05 Å². The molecule has 6 heteroatoms. The fourth-order valence-electron chi connectivity index (χ4n) is 2.41. The molecule has 2 aromatic rings. The molecule has 1 amide bonds. The number of likely N-dealkylation sites (N-methyl/N-ethyl adjacent to an activating group) is 1. The van der Waals surface area contributed by atoms with E-state index in [2.05, 4.69) is 5.10 Å². The molecule has 0 spiro atoms. The number of hydrogen-bond acceptors (Lipinski definition) is 3. The normalized spacial score (nSPS) is 11.6. The number of aryl methyl sites for hydroxylation is 1. The van der Waals surface area contributed by atoms with Gasteiger partial charge in [-0.15, -0.1) is 0 Å². The van der Waals surface area contributed by atoms with E-state index in [1.54, 1.807) is 18.7 Å². The number of rotatable bonds is 4. The van der Waals surface area contributed by atoms with Crippen LogP contribution in [0.25, 0.3) is 10.9 Å². The maximum Gasteiger partial charge on any atom is 0.329 e. The molecule has 21 heavy (non-hydrogen) atoms. The standard InChI is InChI=1S/C15H19N3O3/c1-5-18(15(2,3)14(20)21)13(19)12-10-8-6-7-9-11(10)17(4)16-12/h6-9H,5H2,1-4H3,(H,20,21). The summed E-state index contributed by atoms with van der Waals surface area (Å²) in [6.07, 6.45) is 0. The molecule has 0 unspecified atom stereocenters. The number of hydrogen-bond donors (Lipinski definition) is 1. The van der Waals surface area contributed by atoms with Gasteiger partial charge < -0.3 is 10.0 Å². The molecular formula is C15H19N3O3. The van der Waals surface area contributed by atoms with Crippen LogP contribution in [0.5, 0.6) is 0 Å². The van der Waals surface area contributed by atoms with Crippen molar-refractivity contribution < 1.29 is 14.7 Å². The molecule has 0 aliphatic rings. The quantitative estimate of drug-likeness (QED) is 0.932. The molecular weight excluding hydrogens is 270 g/mol. The van der Waals surface area contributed by atoms with Crippen LogP contribution < -0.4 is 0 Å². The highest BCUT2D eigenvalue weighted by Gasteiger charge is 2.38. The molecule has 0 aliphatic heterocycles. The number of para-hydroxylation sites is 1. The van der Waals surface area contributed by atoms with Crippen molar-refractivity contribution in [3.05, 3.63) is 30.0 Å². The second-order valence-electron chi connectivity index (χ2n) is 5.40. The van der Waals surface area contributed by atoms with Gasteiger partial charge in [-0.25, -0.2) is 4.79 Å². The lowest BCUT2D eigenvalue weighted by Gasteiger charge is -2.33. The van der Waals surface area contributed by atoms with Gasteiger partial charge in [-0.05, 0) is 26.8 Å². The van der Waals surface area contributed by atoms with Crippen LogP contribution in [0.4, 0.5) is 0 Å². The molecule has 0 radical (unpaired) electrons. The molecule has 0 saturated heterocycles. The molecule has 0 fully saturated rings. The maximum atomic E-state index is 12.7. The molecule has 2 rings (SSSR count). The Morgan fingerprint density at radius 1 is 1.33 bits per heavy atom. The number of aromatic nitrogens is 2. The van der Waals surface area contributed by atoms with Crippen LogP contribution >= 0.6 is 0 Å². The predicted molar refractivity (Wildman–Crippen MR) is 79.1 cm³/mol. The van der Waals surface area contributed by atoms with E-state index in [4.69, 9.17) is 0 Å². The average molecular weight is 289 g/mol. The molecule has 6 nitrogen and oxygen atoms in total. The van der Waals surface area contributed by atoms with Gasteiger partial charge in [-0.3, -0.25) is 9.48 Å². The van der Waals surface area contributed by atoms with E-state index >= 15 is 0 Å². The largest absolute Gasteiger partial charge is 0.480 e. The molecule has 1 aromatic heterocycles. The number of fused-ring (bicyclic) bond motifs is 1. The summed E-state index contributed by atoms with van der Waals surface area (Å²) in [5.74, 6) is -1.42. The Bertz CT molecular complexity index is 703. The second-order valence-corrected chi connectivity index (χ2v) is 5.40. The van der Waals surface area contributed by atoms with Crippen LogP contribution in [0, 0.1) is 0 Å². The number of aliphatic carboxylic acids is 1. The number of amides is 1. The van der Waals surface area contributed by atoms with Gasteiger partial charge in [-0.2, -0.15) is 5.10 Å². The van der Waals surface area contributed by atoms with E-state index in [-0.39, 0.29) is 11.6 Å². The first-order valence-corrected chi connectivity index (χ1v) is 6.77. The van der Waals surface area contributed by atoms with Crippen molar-refractivity contribution in [3.63, 3.8) is 0 Å². The van der Waals surface area contributed by atoms with E-state index in [0.717, 1.165) is 10.9 Å². The highest BCUT2D eigenvalue weighted by molar-refractivity contribution is 6.06. The van der Waals surface area contributed by atoms with E-state index in [0.29, 0.717) is 6.54 Å². The van der Waals surface area contributed by atoms with Crippen molar-refractivity contribution in [2.75, 3.05) is 6.54 Å². The Hall–Kier alpha value is -2.37. The number of benzene rings is 1. The van der Waals surface area contributed by atoms with Gasteiger partial charge in [0.1, 0.15) is 5.54 Å². The van der Waals surface area contributed by atoms with E-state index in [1.165, 1.54) is 18.7 Å². The van der Waals surface area contributed by atoms with Crippen LogP contribution in [-0.4, -0.2) is 43.7 Å². The highest BCUT2D eigenvalue weighted by atomic mass is 16.4. The zero-order valence-electron chi connectivity index (χ0n) is 12.6. The van der Waals surface area contributed by atoms with Crippen LogP contribution in [-0.2, 0) is 11.8 Å². The Balaban J connectivity index is 2.53. The first-order chi connectivity index (χ1) is 9.80. The van der Waals surface area contributed by atoms with E-state index in [1.807, 2.05) is 24.3 Å². The van der Waals surface area contributed by atoms with Crippen molar-refractivity contribution in [1.82, 2.24) is 14.7 Å². The first kappa shape index (κ1) is 15.0. The van der Waals surface area contributed by atoms with Gasteiger partial charge in [0.2, 0.25) is 0 Å². The van der Waals surface area contributed by atoms with E-state index < -0.39 is 11.5 Å². The van der Waals surface area contributed by atoms with Gasteiger partial charge in [0.15, 0.2) is 5.69 Å². The maximum absolute atomic E-state index is 12.7. The Labute approximate surface area is 123 Å². The lowest BCUT2D eigenvalue weighted by molar-refractivity contribution is -0.147. The number of carboxylic acid groups (broad SMARTS) is 1. The van der Waals surface area contributed by atoms with Crippen LogP contribution in [0.2, 0.25) is 0 Å². The van der Waals surface area contributed by atoms with Crippen molar-refractivity contribution in [1.29, 1.82) is 0 Å². The summed E-state index contributed by atoms with van der Waals surface area (Å²) in [6.45, 7) is 5.08. The Kier molecular flexibility index (Phi) is 3.72. The number of nitrogens with zero attached hydrogens (tertiary/aromatic N) is 3. The SMILES string of the molecule is CCN(C(=O)c1nn(C)c2ccccc12)C(C)(C)C(=O)O. The number of carbonyl (C=O) groups excluding carboxylic acids is 1.